The van der Waals surface area contributed by atoms with Gasteiger partial charge in [-0.05, 0) is 30.2 Å². The molecule has 0 unspecified atom stereocenters. The van der Waals surface area contributed by atoms with Crippen molar-refractivity contribution in [1.82, 2.24) is 25.3 Å². The van der Waals surface area contributed by atoms with Crippen LogP contribution in [-0.4, -0.2) is 58.7 Å². The molecule has 8 nitrogen and oxygen atoms in total. The summed E-state index contributed by atoms with van der Waals surface area (Å²) in [6.07, 6.45) is 6.01. The van der Waals surface area contributed by atoms with Gasteiger partial charge in [0.1, 0.15) is 16.3 Å². The van der Waals surface area contributed by atoms with E-state index in [9.17, 15) is 4.79 Å². The Bertz CT molecular complexity index is 1210. The van der Waals surface area contributed by atoms with Crippen LogP contribution in [0, 0.1) is 0 Å². The van der Waals surface area contributed by atoms with E-state index < -0.39 is 0 Å². The third-order valence-electron chi connectivity index (χ3n) is 5.29. The third kappa shape index (κ3) is 4.30. The number of thiophene rings is 1. The van der Waals surface area contributed by atoms with Gasteiger partial charge in [-0.1, -0.05) is 12.1 Å². The molecule has 0 aromatic carbocycles. The smallest absolute Gasteiger partial charge is 0.252 e. The molecule has 32 heavy (non-hydrogen) atoms. The number of carbonyl (C=O) groups excluding carboxylic acids is 1. The first-order chi connectivity index (χ1) is 15.8. The van der Waals surface area contributed by atoms with Crippen LogP contribution in [0.5, 0.6) is 0 Å². The molecule has 1 fully saturated rings. The zero-order valence-corrected chi connectivity index (χ0v) is 18.2. The highest BCUT2D eigenvalue weighted by atomic mass is 32.1. The average molecular weight is 447 g/mol. The Kier molecular flexibility index (Phi) is 6.00. The van der Waals surface area contributed by atoms with E-state index in [-0.39, 0.29) is 5.91 Å². The van der Waals surface area contributed by atoms with Crippen LogP contribution in [-0.2, 0) is 11.2 Å². The second-order valence-electron chi connectivity index (χ2n) is 7.38. The lowest BCUT2D eigenvalue weighted by atomic mass is 10.1. The van der Waals surface area contributed by atoms with Crippen LogP contribution >= 0.6 is 11.3 Å². The van der Waals surface area contributed by atoms with Gasteiger partial charge >= 0.3 is 0 Å². The van der Waals surface area contributed by atoms with Crippen molar-refractivity contribution < 1.29 is 9.53 Å². The summed E-state index contributed by atoms with van der Waals surface area (Å²) in [6.45, 7) is 3.21. The van der Waals surface area contributed by atoms with Crippen molar-refractivity contribution in [3.8, 4) is 11.5 Å². The maximum absolute atomic E-state index is 13.1. The molecule has 5 rings (SSSR count). The average Bonchev–Trinajstić information content (AvgIpc) is 3.29. The number of rotatable bonds is 6. The largest absolute Gasteiger partial charge is 0.378 e. The zero-order chi connectivity index (χ0) is 21.8. The van der Waals surface area contributed by atoms with Crippen molar-refractivity contribution in [3.63, 3.8) is 0 Å². The van der Waals surface area contributed by atoms with Gasteiger partial charge in [0, 0.05) is 43.6 Å². The third-order valence-corrected chi connectivity index (χ3v) is 6.16. The molecule has 5 heterocycles. The van der Waals surface area contributed by atoms with Gasteiger partial charge in [-0.15, -0.1) is 11.3 Å². The number of hydrogen-bond acceptors (Lipinski definition) is 8. The van der Waals surface area contributed by atoms with Crippen LogP contribution in [0.3, 0.4) is 0 Å². The van der Waals surface area contributed by atoms with E-state index in [2.05, 4.69) is 20.2 Å². The molecular weight excluding hydrogens is 424 g/mol. The van der Waals surface area contributed by atoms with Crippen LogP contribution in [0.25, 0.3) is 21.7 Å². The predicted molar refractivity (Wildman–Crippen MR) is 124 cm³/mol. The molecule has 4 aromatic rings. The van der Waals surface area contributed by atoms with Crippen LogP contribution in [0.1, 0.15) is 15.9 Å². The quantitative estimate of drug-likeness (QED) is 0.487. The second-order valence-corrected chi connectivity index (χ2v) is 8.24. The number of ether oxygens (including phenoxy) is 1. The summed E-state index contributed by atoms with van der Waals surface area (Å²) in [4.78, 5) is 34.1. The monoisotopic (exact) mass is 446 g/mol. The Hall–Kier alpha value is -3.43. The molecular formula is C23H22N6O2S. The summed E-state index contributed by atoms with van der Waals surface area (Å²) in [6, 6.07) is 9.57. The lowest BCUT2D eigenvalue weighted by molar-refractivity contribution is 0.0956. The standard InChI is InChI=1S/C23H22N6O2S/c30-22(26-9-6-16-4-3-7-24-14-16)17-15-32-23-19(17)21(29-10-12-31-13-11-29)27-20(28-23)18-5-1-2-8-25-18/h1-5,7-8,14-15H,6,9-13H2,(H,26,30). The van der Waals surface area contributed by atoms with E-state index in [1.165, 1.54) is 11.3 Å². The Labute approximate surface area is 189 Å². The highest BCUT2D eigenvalue weighted by Gasteiger charge is 2.24. The first kappa shape index (κ1) is 20.5. The van der Waals surface area contributed by atoms with Crippen molar-refractivity contribution in [2.24, 2.45) is 0 Å². The van der Waals surface area contributed by atoms with E-state index in [4.69, 9.17) is 14.7 Å². The topological polar surface area (TPSA) is 93.1 Å². The van der Waals surface area contributed by atoms with E-state index in [0.717, 1.165) is 28.0 Å². The number of nitrogens with zero attached hydrogens (tertiary/aromatic N) is 5. The minimum Gasteiger partial charge on any atom is -0.378 e. The van der Waals surface area contributed by atoms with Gasteiger partial charge in [0.15, 0.2) is 5.82 Å². The van der Waals surface area contributed by atoms with Crippen LogP contribution in [0.2, 0.25) is 0 Å². The second kappa shape index (κ2) is 9.37. The van der Waals surface area contributed by atoms with Gasteiger partial charge in [0.25, 0.3) is 5.91 Å². The molecule has 1 saturated heterocycles. The summed E-state index contributed by atoms with van der Waals surface area (Å²) < 4.78 is 5.52. The molecule has 1 amide bonds. The minimum absolute atomic E-state index is 0.121. The molecule has 0 saturated carbocycles. The number of amides is 1. The molecule has 0 atom stereocenters. The summed E-state index contributed by atoms with van der Waals surface area (Å²) in [5.41, 5.74) is 2.39. The van der Waals surface area contributed by atoms with Crippen LogP contribution in [0.15, 0.2) is 54.3 Å². The summed E-state index contributed by atoms with van der Waals surface area (Å²) in [7, 11) is 0. The van der Waals surface area contributed by atoms with E-state index in [1.807, 2.05) is 41.9 Å². The molecule has 162 valence electrons. The molecule has 0 radical (unpaired) electrons. The number of hydrogen-bond donors (Lipinski definition) is 1. The Morgan fingerprint density at radius 1 is 1.12 bits per heavy atom. The van der Waals surface area contributed by atoms with Crippen molar-refractivity contribution >= 4 is 33.3 Å². The SMILES string of the molecule is O=C(NCCc1cccnc1)c1csc2nc(-c3ccccn3)nc(N3CCOCC3)c12. The summed E-state index contributed by atoms with van der Waals surface area (Å²) >= 11 is 1.45. The van der Waals surface area contributed by atoms with E-state index in [0.29, 0.717) is 49.9 Å². The van der Waals surface area contributed by atoms with Crippen molar-refractivity contribution in [3.05, 3.63) is 65.4 Å². The van der Waals surface area contributed by atoms with Gasteiger partial charge in [-0.3, -0.25) is 14.8 Å². The number of fused-ring (bicyclic) bond motifs is 1. The maximum atomic E-state index is 13.1. The molecule has 1 aliphatic rings. The lowest BCUT2D eigenvalue weighted by Crippen LogP contribution is -2.37. The molecule has 0 bridgehead atoms. The molecule has 1 aliphatic heterocycles. The number of carbonyl (C=O) groups is 1. The van der Waals surface area contributed by atoms with Gasteiger partial charge in [0.05, 0.1) is 24.2 Å². The number of morpholine rings is 1. The highest BCUT2D eigenvalue weighted by Crippen LogP contribution is 2.34. The van der Waals surface area contributed by atoms with Crippen molar-refractivity contribution in [2.75, 3.05) is 37.7 Å². The fraction of sp³-hybridized carbons (Fsp3) is 0.261. The molecule has 1 N–H and O–H groups in total. The zero-order valence-electron chi connectivity index (χ0n) is 17.4. The summed E-state index contributed by atoms with van der Waals surface area (Å²) in [5.74, 6) is 1.20. The van der Waals surface area contributed by atoms with Gasteiger partial charge in [0.2, 0.25) is 0 Å². The van der Waals surface area contributed by atoms with E-state index in [1.54, 1.807) is 12.4 Å². The molecule has 9 heteroatoms. The predicted octanol–water partition coefficient (Wildman–Crippen LogP) is 2.96. The van der Waals surface area contributed by atoms with Crippen molar-refractivity contribution in [2.45, 2.75) is 6.42 Å². The fourth-order valence-corrected chi connectivity index (χ4v) is 4.58. The van der Waals surface area contributed by atoms with Crippen LogP contribution < -0.4 is 10.2 Å². The molecule has 0 aliphatic carbocycles. The fourth-order valence-electron chi connectivity index (χ4n) is 3.67. The number of nitrogens with one attached hydrogen (secondary N) is 1. The van der Waals surface area contributed by atoms with Gasteiger partial charge < -0.3 is 15.0 Å². The highest BCUT2D eigenvalue weighted by molar-refractivity contribution is 7.17. The van der Waals surface area contributed by atoms with E-state index >= 15 is 0 Å². The van der Waals surface area contributed by atoms with Gasteiger partial charge in [-0.2, -0.15) is 0 Å². The number of anilines is 1. The number of pyridine rings is 2. The first-order valence-corrected chi connectivity index (χ1v) is 11.4. The summed E-state index contributed by atoms with van der Waals surface area (Å²) in [5, 5.41) is 5.68. The minimum atomic E-state index is -0.121. The maximum Gasteiger partial charge on any atom is 0.252 e. The van der Waals surface area contributed by atoms with Gasteiger partial charge in [-0.25, -0.2) is 9.97 Å². The normalized spacial score (nSPS) is 13.9. The van der Waals surface area contributed by atoms with Crippen LogP contribution in [0.4, 0.5) is 5.82 Å². The Balaban J connectivity index is 1.47. The first-order valence-electron chi connectivity index (χ1n) is 10.5. The Morgan fingerprint density at radius 2 is 2.03 bits per heavy atom. The van der Waals surface area contributed by atoms with Crippen molar-refractivity contribution in [1.29, 1.82) is 0 Å². The Morgan fingerprint density at radius 3 is 2.81 bits per heavy atom. The lowest BCUT2D eigenvalue weighted by Gasteiger charge is -2.28. The number of aromatic nitrogens is 4. The molecule has 0 spiro atoms. The molecule has 4 aromatic heterocycles.